The maximum Gasteiger partial charge on any atom is 0.329 e. The second kappa shape index (κ2) is 9.81. The van der Waals surface area contributed by atoms with Gasteiger partial charge in [0.2, 0.25) is 0 Å². The highest BCUT2D eigenvalue weighted by Gasteiger charge is 2.16. The van der Waals surface area contributed by atoms with Crippen molar-refractivity contribution >= 4 is 23.7 Å². The van der Waals surface area contributed by atoms with Crippen LogP contribution in [0.15, 0.2) is 41.5 Å². The summed E-state index contributed by atoms with van der Waals surface area (Å²) in [7, 11) is 5.98. The molecule has 0 aromatic heterocycles. The number of carbonyl (C=O) groups excluding carboxylic acids is 2. The third-order valence-corrected chi connectivity index (χ3v) is 3.65. The third kappa shape index (κ3) is 5.13. The van der Waals surface area contributed by atoms with Crippen LogP contribution in [-0.4, -0.2) is 46.5 Å². The second-order valence-corrected chi connectivity index (χ2v) is 5.33. The topological polar surface area (TPSA) is 107 Å². The first kappa shape index (κ1) is 20.6. The minimum Gasteiger partial charge on any atom is -0.497 e. The predicted octanol–water partition coefficient (Wildman–Crippen LogP) is 1.81. The van der Waals surface area contributed by atoms with E-state index in [0.29, 0.717) is 34.2 Å². The van der Waals surface area contributed by atoms with Gasteiger partial charge in [-0.25, -0.2) is 5.43 Å². The van der Waals surface area contributed by atoms with Crippen molar-refractivity contribution in [2.24, 2.45) is 5.10 Å². The molecule has 0 aliphatic carbocycles. The average molecular weight is 387 g/mol. The van der Waals surface area contributed by atoms with E-state index in [1.54, 1.807) is 30.3 Å². The molecule has 2 amide bonds. The van der Waals surface area contributed by atoms with E-state index < -0.39 is 11.8 Å². The Balaban J connectivity index is 2.01. The fourth-order valence-corrected chi connectivity index (χ4v) is 2.24. The van der Waals surface area contributed by atoms with Crippen LogP contribution in [0.1, 0.15) is 5.56 Å². The average Bonchev–Trinajstić information content (AvgIpc) is 2.73. The van der Waals surface area contributed by atoms with Crippen LogP contribution in [0.5, 0.6) is 23.0 Å². The van der Waals surface area contributed by atoms with Gasteiger partial charge in [0.05, 0.1) is 40.3 Å². The lowest BCUT2D eigenvalue weighted by Crippen LogP contribution is -2.32. The van der Waals surface area contributed by atoms with Crippen molar-refractivity contribution in [1.82, 2.24) is 5.43 Å². The Kier molecular flexibility index (Phi) is 7.21. The van der Waals surface area contributed by atoms with Gasteiger partial charge < -0.3 is 24.3 Å². The Morgan fingerprint density at radius 1 is 0.821 bits per heavy atom. The number of rotatable bonds is 7. The molecule has 0 unspecified atom stereocenters. The van der Waals surface area contributed by atoms with Gasteiger partial charge in [-0.05, 0) is 35.9 Å². The van der Waals surface area contributed by atoms with Gasteiger partial charge in [0.15, 0.2) is 11.5 Å². The molecule has 0 heterocycles. The van der Waals surface area contributed by atoms with Crippen molar-refractivity contribution in [3.8, 4) is 23.0 Å². The predicted molar refractivity (Wildman–Crippen MR) is 103 cm³/mol. The molecule has 28 heavy (non-hydrogen) atoms. The zero-order chi connectivity index (χ0) is 20.5. The zero-order valence-corrected chi connectivity index (χ0v) is 15.9. The molecule has 2 aromatic carbocycles. The van der Waals surface area contributed by atoms with Gasteiger partial charge in [-0.2, -0.15) is 5.10 Å². The van der Waals surface area contributed by atoms with Crippen molar-refractivity contribution in [1.29, 1.82) is 0 Å². The summed E-state index contributed by atoms with van der Waals surface area (Å²) in [5.74, 6) is 0.118. The van der Waals surface area contributed by atoms with Crippen molar-refractivity contribution in [3.63, 3.8) is 0 Å². The number of hydrazone groups is 1. The number of benzene rings is 2. The highest BCUT2D eigenvalue weighted by molar-refractivity contribution is 6.39. The SMILES string of the molecule is COc1ccc(OC)c(NC(=O)C(=O)N/N=C\c2ccc(OC)c(OC)c2)c1. The normalized spacial score (nSPS) is 10.3. The molecule has 0 saturated heterocycles. The van der Waals surface area contributed by atoms with E-state index in [0.717, 1.165) is 0 Å². The highest BCUT2D eigenvalue weighted by atomic mass is 16.5. The number of carbonyl (C=O) groups is 2. The first-order valence-electron chi connectivity index (χ1n) is 8.10. The van der Waals surface area contributed by atoms with Crippen molar-refractivity contribution < 1.29 is 28.5 Å². The van der Waals surface area contributed by atoms with Crippen LogP contribution in [0, 0.1) is 0 Å². The second-order valence-electron chi connectivity index (χ2n) is 5.33. The fourth-order valence-electron chi connectivity index (χ4n) is 2.24. The van der Waals surface area contributed by atoms with Gasteiger partial charge >= 0.3 is 11.8 Å². The van der Waals surface area contributed by atoms with Gasteiger partial charge in [-0.3, -0.25) is 9.59 Å². The Morgan fingerprint density at radius 3 is 2.14 bits per heavy atom. The number of methoxy groups -OCH3 is 4. The highest BCUT2D eigenvalue weighted by Crippen LogP contribution is 2.29. The largest absolute Gasteiger partial charge is 0.497 e. The molecule has 0 fully saturated rings. The van der Waals surface area contributed by atoms with Crippen LogP contribution in [0.3, 0.4) is 0 Å². The van der Waals surface area contributed by atoms with E-state index in [4.69, 9.17) is 18.9 Å². The van der Waals surface area contributed by atoms with E-state index in [2.05, 4.69) is 15.8 Å². The summed E-state index contributed by atoms with van der Waals surface area (Å²) in [6.07, 6.45) is 1.37. The first-order valence-corrected chi connectivity index (χ1v) is 8.10. The molecule has 0 aliphatic heterocycles. The van der Waals surface area contributed by atoms with Gasteiger partial charge in [-0.1, -0.05) is 0 Å². The summed E-state index contributed by atoms with van der Waals surface area (Å²) < 4.78 is 20.6. The number of hydrogen-bond acceptors (Lipinski definition) is 7. The lowest BCUT2D eigenvalue weighted by atomic mass is 10.2. The molecule has 2 aromatic rings. The third-order valence-electron chi connectivity index (χ3n) is 3.65. The lowest BCUT2D eigenvalue weighted by molar-refractivity contribution is -0.136. The molecule has 9 heteroatoms. The summed E-state index contributed by atoms with van der Waals surface area (Å²) in [6.45, 7) is 0. The van der Waals surface area contributed by atoms with Gasteiger partial charge in [0, 0.05) is 6.07 Å². The Morgan fingerprint density at radius 2 is 1.50 bits per heavy atom. The van der Waals surface area contributed by atoms with E-state index in [1.165, 1.54) is 40.7 Å². The van der Waals surface area contributed by atoms with Crippen molar-refractivity contribution in [2.45, 2.75) is 0 Å². The van der Waals surface area contributed by atoms with Gasteiger partial charge in [0.1, 0.15) is 11.5 Å². The van der Waals surface area contributed by atoms with Crippen molar-refractivity contribution in [2.75, 3.05) is 33.8 Å². The fraction of sp³-hybridized carbons (Fsp3) is 0.211. The van der Waals surface area contributed by atoms with Crippen LogP contribution >= 0.6 is 0 Å². The summed E-state index contributed by atoms with van der Waals surface area (Å²) in [5, 5.41) is 6.23. The molecule has 0 spiro atoms. The van der Waals surface area contributed by atoms with E-state index in [1.807, 2.05) is 0 Å². The van der Waals surface area contributed by atoms with Gasteiger partial charge in [0.25, 0.3) is 0 Å². The monoisotopic (exact) mass is 387 g/mol. The van der Waals surface area contributed by atoms with Gasteiger partial charge in [-0.15, -0.1) is 0 Å². The minimum atomic E-state index is -0.943. The molecular formula is C19H21N3O6. The summed E-state index contributed by atoms with van der Waals surface area (Å²) in [4.78, 5) is 24.0. The molecule has 9 nitrogen and oxygen atoms in total. The summed E-state index contributed by atoms with van der Waals surface area (Å²) in [6, 6.07) is 9.91. The number of amides is 2. The van der Waals surface area contributed by atoms with Crippen LogP contribution in [0.4, 0.5) is 5.69 Å². The van der Waals surface area contributed by atoms with Crippen LogP contribution in [0.2, 0.25) is 0 Å². The van der Waals surface area contributed by atoms with Crippen molar-refractivity contribution in [3.05, 3.63) is 42.0 Å². The number of anilines is 1. The first-order chi connectivity index (χ1) is 13.5. The molecule has 2 rings (SSSR count). The molecule has 148 valence electrons. The van der Waals surface area contributed by atoms with E-state index in [-0.39, 0.29) is 0 Å². The quantitative estimate of drug-likeness (QED) is 0.426. The number of nitrogens with zero attached hydrogens (tertiary/aromatic N) is 1. The van der Waals surface area contributed by atoms with E-state index >= 15 is 0 Å². The Labute approximate surface area is 162 Å². The molecule has 0 radical (unpaired) electrons. The molecule has 0 saturated carbocycles. The Hall–Kier alpha value is -3.75. The van der Waals surface area contributed by atoms with Crippen LogP contribution < -0.4 is 29.7 Å². The Bertz CT molecular complexity index is 882. The standard InChI is InChI=1S/C19H21N3O6/c1-25-13-6-8-15(26-2)14(10-13)21-18(23)19(24)22-20-11-12-5-7-16(27-3)17(9-12)28-4/h5-11H,1-4H3,(H,21,23)(H,22,24)/b20-11-. The molecule has 0 bridgehead atoms. The number of hydrogen-bond donors (Lipinski definition) is 2. The van der Waals surface area contributed by atoms with E-state index in [9.17, 15) is 9.59 Å². The molecule has 0 aliphatic rings. The summed E-state index contributed by atoms with van der Waals surface area (Å²) >= 11 is 0. The number of nitrogens with one attached hydrogen (secondary N) is 2. The molecule has 2 N–H and O–H groups in total. The number of ether oxygens (including phenoxy) is 4. The van der Waals surface area contributed by atoms with Crippen LogP contribution in [-0.2, 0) is 9.59 Å². The maximum atomic E-state index is 12.1. The van der Waals surface area contributed by atoms with Crippen LogP contribution in [0.25, 0.3) is 0 Å². The lowest BCUT2D eigenvalue weighted by Gasteiger charge is -2.11. The minimum absolute atomic E-state index is 0.297. The maximum absolute atomic E-state index is 12.1. The molecule has 0 atom stereocenters. The molecular weight excluding hydrogens is 366 g/mol. The smallest absolute Gasteiger partial charge is 0.329 e. The zero-order valence-electron chi connectivity index (χ0n) is 15.9. The summed E-state index contributed by atoms with van der Waals surface area (Å²) in [5.41, 5.74) is 3.10.